The van der Waals surface area contributed by atoms with Crippen molar-refractivity contribution in [2.45, 2.75) is 24.5 Å². The van der Waals surface area contributed by atoms with Gasteiger partial charge in [0.2, 0.25) is 0 Å². The quantitative estimate of drug-likeness (QED) is 0.527. The molecule has 0 bridgehead atoms. The molecule has 116 valence electrons. The molecule has 12 heteroatoms. The number of hydrogen-bond acceptors (Lipinski definition) is 7. The minimum Gasteiger partial charge on any atom is -0.386 e. The van der Waals surface area contributed by atoms with Crippen LogP contribution in [0.15, 0.2) is 20.3 Å². The highest BCUT2D eigenvalue weighted by molar-refractivity contribution is 9.10. The predicted molar refractivity (Wildman–Crippen MR) is 69.6 cm³/mol. The number of fused-ring (bicyclic) bond motifs is 1. The molecule has 1 unspecified atom stereocenters. The number of aromatic nitrogens is 2. The molecule has 2 aliphatic rings. The topological polar surface area (TPSA) is 140 Å². The summed E-state index contributed by atoms with van der Waals surface area (Å²) in [5.74, 6) is 0. The van der Waals surface area contributed by atoms with E-state index in [0.29, 0.717) is 0 Å². The van der Waals surface area contributed by atoms with Crippen molar-refractivity contribution < 1.29 is 28.3 Å². The first kappa shape index (κ1) is 15.1. The third-order valence-corrected chi connectivity index (χ3v) is 4.71. The molecule has 3 N–H and O–H groups in total. The fourth-order valence-electron chi connectivity index (χ4n) is 2.22. The first-order valence-corrected chi connectivity index (χ1v) is 8.07. The number of H-pyrrole nitrogens is 1. The number of nitrogens with zero attached hydrogens (tertiary/aromatic N) is 1. The SMILES string of the molecule is O=c1[nH]c(=O)n([C@@H]2O[C@@H]3COP(=O)(O)O[C@H]3[C@H]2O)cc1Br. The first-order valence-electron chi connectivity index (χ1n) is 5.79. The van der Waals surface area contributed by atoms with Gasteiger partial charge >= 0.3 is 13.5 Å². The Kier molecular flexibility index (Phi) is 3.69. The molecule has 0 spiro atoms. The molecule has 3 heterocycles. The van der Waals surface area contributed by atoms with E-state index in [2.05, 4.69) is 20.5 Å². The van der Waals surface area contributed by atoms with Crippen LogP contribution in [-0.2, 0) is 18.3 Å². The summed E-state index contributed by atoms with van der Waals surface area (Å²) in [6.07, 6.45) is -3.32. The lowest BCUT2D eigenvalue weighted by molar-refractivity contribution is -0.0686. The Balaban J connectivity index is 1.95. The summed E-state index contributed by atoms with van der Waals surface area (Å²) in [6.45, 7) is -0.259. The van der Waals surface area contributed by atoms with Gasteiger partial charge in [0.1, 0.15) is 18.3 Å². The number of aromatic amines is 1. The first-order chi connectivity index (χ1) is 9.78. The van der Waals surface area contributed by atoms with E-state index in [9.17, 15) is 24.2 Å². The average Bonchev–Trinajstić information content (AvgIpc) is 2.70. The maximum atomic E-state index is 11.8. The van der Waals surface area contributed by atoms with Gasteiger partial charge in [0.05, 0.1) is 11.1 Å². The van der Waals surface area contributed by atoms with Crippen LogP contribution < -0.4 is 11.2 Å². The molecule has 5 atom stereocenters. The smallest absolute Gasteiger partial charge is 0.386 e. The minimum atomic E-state index is -4.24. The number of ether oxygens (including phenoxy) is 1. The highest BCUT2D eigenvalue weighted by Gasteiger charge is 2.52. The molecule has 0 saturated carbocycles. The Hall–Kier alpha value is -0.810. The summed E-state index contributed by atoms with van der Waals surface area (Å²) < 4.78 is 27.2. The van der Waals surface area contributed by atoms with Gasteiger partial charge in [0.25, 0.3) is 5.56 Å². The van der Waals surface area contributed by atoms with E-state index in [1.165, 1.54) is 0 Å². The number of phosphoric acid groups is 1. The third kappa shape index (κ3) is 2.66. The molecule has 1 aromatic heterocycles. The Morgan fingerprint density at radius 3 is 2.90 bits per heavy atom. The summed E-state index contributed by atoms with van der Waals surface area (Å²) in [7, 11) is -4.24. The number of rotatable bonds is 1. The molecule has 21 heavy (non-hydrogen) atoms. The van der Waals surface area contributed by atoms with Gasteiger partial charge in [-0.3, -0.25) is 23.4 Å². The van der Waals surface area contributed by atoms with E-state index < -0.39 is 43.6 Å². The van der Waals surface area contributed by atoms with E-state index in [4.69, 9.17) is 9.26 Å². The Morgan fingerprint density at radius 2 is 2.19 bits per heavy atom. The minimum absolute atomic E-state index is 0.0674. The largest absolute Gasteiger partial charge is 0.472 e. The van der Waals surface area contributed by atoms with Crippen molar-refractivity contribution >= 4 is 23.8 Å². The molecule has 2 aliphatic heterocycles. The summed E-state index contributed by atoms with van der Waals surface area (Å²) in [5, 5.41) is 10.1. The highest BCUT2D eigenvalue weighted by Crippen LogP contribution is 2.52. The third-order valence-electron chi connectivity index (χ3n) is 3.16. The molecule has 2 fully saturated rings. The molecule has 0 aliphatic carbocycles. The maximum absolute atomic E-state index is 11.8. The lowest BCUT2D eigenvalue weighted by Gasteiger charge is -2.27. The van der Waals surface area contributed by atoms with Crippen molar-refractivity contribution in [2.24, 2.45) is 0 Å². The summed E-state index contributed by atoms with van der Waals surface area (Å²) in [4.78, 5) is 34.4. The number of hydrogen-bond donors (Lipinski definition) is 3. The fourth-order valence-corrected chi connectivity index (χ4v) is 3.50. The maximum Gasteiger partial charge on any atom is 0.472 e. The lowest BCUT2D eigenvalue weighted by atomic mass is 10.1. The summed E-state index contributed by atoms with van der Waals surface area (Å²) in [6, 6.07) is 0. The van der Waals surface area contributed by atoms with Crippen molar-refractivity contribution in [3.8, 4) is 0 Å². The number of aliphatic hydroxyl groups excluding tert-OH is 1. The molecular weight excluding hydrogens is 375 g/mol. The predicted octanol–water partition coefficient (Wildman–Crippen LogP) is -0.927. The van der Waals surface area contributed by atoms with Crippen molar-refractivity contribution in [1.29, 1.82) is 0 Å². The van der Waals surface area contributed by atoms with Gasteiger partial charge in [0.15, 0.2) is 6.23 Å². The van der Waals surface area contributed by atoms with Crippen LogP contribution in [0.4, 0.5) is 0 Å². The van der Waals surface area contributed by atoms with Gasteiger partial charge in [-0.05, 0) is 15.9 Å². The average molecular weight is 385 g/mol. The van der Waals surface area contributed by atoms with E-state index >= 15 is 0 Å². The van der Waals surface area contributed by atoms with Gasteiger partial charge in [-0.2, -0.15) is 0 Å². The zero-order valence-electron chi connectivity index (χ0n) is 10.2. The molecule has 1 aromatic rings. The van der Waals surface area contributed by atoms with Crippen LogP contribution in [-0.4, -0.2) is 44.5 Å². The van der Waals surface area contributed by atoms with E-state index in [1.54, 1.807) is 0 Å². The number of halogens is 1. The molecule has 3 rings (SSSR count). The van der Waals surface area contributed by atoms with Crippen LogP contribution in [0.3, 0.4) is 0 Å². The summed E-state index contributed by atoms with van der Waals surface area (Å²) >= 11 is 2.96. The van der Waals surface area contributed by atoms with Crippen LogP contribution in [0.1, 0.15) is 6.23 Å². The molecule has 0 amide bonds. The zero-order chi connectivity index (χ0) is 15.4. The van der Waals surface area contributed by atoms with Gasteiger partial charge in [-0.25, -0.2) is 9.36 Å². The van der Waals surface area contributed by atoms with Crippen LogP contribution >= 0.6 is 23.8 Å². The van der Waals surface area contributed by atoms with E-state index in [1.807, 2.05) is 4.98 Å². The molecular formula is C9H10BrN2O8P. The molecule has 0 radical (unpaired) electrons. The second kappa shape index (κ2) is 5.13. The summed E-state index contributed by atoms with van der Waals surface area (Å²) in [5.41, 5.74) is -1.42. The van der Waals surface area contributed by atoms with Gasteiger partial charge < -0.3 is 14.7 Å². The van der Waals surface area contributed by atoms with Crippen LogP contribution in [0.2, 0.25) is 0 Å². The highest BCUT2D eigenvalue weighted by atomic mass is 79.9. The molecule has 0 aromatic carbocycles. The number of phosphoric ester groups is 1. The van der Waals surface area contributed by atoms with Crippen LogP contribution in [0, 0.1) is 0 Å². The van der Waals surface area contributed by atoms with Crippen molar-refractivity contribution in [3.05, 3.63) is 31.5 Å². The normalized spacial score (nSPS) is 39.2. The Labute approximate surface area is 125 Å². The zero-order valence-corrected chi connectivity index (χ0v) is 12.7. The van der Waals surface area contributed by atoms with Gasteiger partial charge in [0, 0.05) is 6.20 Å². The monoisotopic (exact) mass is 384 g/mol. The van der Waals surface area contributed by atoms with Crippen LogP contribution in [0.25, 0.3) is 0 Å². The molecule has 2 saturated heterocycles. The Bertz CT molecular complexity index is 731. The molecule has 10 nitrogen and oxygen atoms in total. The fraction of sp³-hybridized carbons (Fsp3) is 0.556. The van der Waals surface area contributed by atoms with Gasteiger partial charge in [-0.15, -0.1) is 0 Å². The van der Waals surface area contributed by atoms with Crippen molar-refractivity contribution in [1.82, 2.24) is 9.55 Å². The standard InChI is InChI=1S/C9H10BrN2O8P/c10-3-1-12(9(15)11-7(3)14)8-5(13)6-4(19-8)2-18-21(16,17)20-6/h1,4-6,8,13H,2H2,(H,16,17)(H,11,14,15)/t4-,5-,6-,8-/m1/s1. The van der Waals surface area contributed by atoms with E-state index in [0.717, 1.165) is 10.8 Å². The Morgan fingerprint density at radius 1 is 1.48 bits per heavy atom. The number of nitrogens with one attached hydrogen (secondary N) is 1. The lowest BCUT2D eigenvalue weighted by Crippen LogP contribution is -2.40. The second-order valence-electron chi connectivity index (χ2n) is 4.53. The van der Waals surface area contributed by atoms with Crippen molar-refractivity contribution in [3.63, 3.8) is 0 Å². The van der Waals surface area contributed by atoms with Gasteiger partial charge in [-0.1, -0.05) is 0 Å². The van der Waals surface area contributed by atoms with E-state index in [-0.39, 0.29) is 11.1 Å². The number of aliphatic hydroxyl groups is 1. The second-order valence-corrected chi connectivity index (χ2v) is 6.79. The van der Waals surface area contributed by atoms with Crippen LogP contribution in [0.5, 0.6) is 0 Å². The van der Waals surface area contributed by atoms with Crippen molar-refractivity contribution in [2.75, 3.05) is 6.61 Å².